The lowest BCUT2D eigenvalue weighted by atomic mass is 9.84. The van der Waals surface area contributed by atoms with Crippen molar-refractivity contribution in [3.05, 3.63) is 40.7 Å². The second-order valence-electron chi connectivity index (χ2n) is 6.43. The molecule has 0 aromatic carbocycles. The predicted molar refractivity (Wildman–Crippen MR) is 89.8 cm³/mol. The number of furan rings is 1. The molecule has 2 fully saturated rings. The number of hydrogen-bond acceptors (Lipinski definition) is 6. The normalized spacial score (nSPS) is 27.1. The van der Waals surface area contributed by atoms with Gasteiger partial charge in [0.25, 0.3) is 5.91 Å². The molecule has 2 aromatic heterocycles. The van der Waals surface area contributed by atoms with Crippen molar-refractivity contribution < 1.29 is 13.9 Å². The number of likely N-dealkylation sites (tertiary alicyclic amines) is 1. The molecule has 4 heterocycles. The van der Waals surface area contributed by atoms with E-state index in [2.05, 4.69) is 15.2 Å². The van der Waals surface area contributed by atoms with Gasteiger partial charge in [0.1, 0.15) is 5.01 Å². The van der Waals surface area contributed by atoms with Crippen molar-refractivity contribution in [2.45, 2.75) is 19.1 Å². The van der Waals surface area contributed by atoms with Gasteiger partial charge in [0.15, 0.2) is 5.76 Å². The summed E-state index contributed by atoms with van der Waals surface area (Å²) < 4.78 is 11.1. The number of hydrogen-bond donors (Lipinski definition) is 1. The van der Waals surface area contributed by atoms with E-state index < -0.39 is 0 Å². The summed E-state index contributed by atoms with van der Waals surface area (Å²) in [6.45, 7) is 4.37. The van der Waals surface area contributed by atoms with Crippen LogP contribution in [0.5, 0.6) is 0 Å². The van der Waals surface area contributed by atoms with Crippen LogP contribution in [0.2, 0.25) is 0 Å². The summed E-state index contributed by atoms with van der Waals surface area (Å²) in [7, 11) is 0. The Morgan fingerprint density at radius 2 is 2.46 bits per heavy atom. The summed E-state index contributed by atoms with van der Waals surface area (Å²) in [6, 6.07) is 3.39. The van der Waals surface area contributed by atoms with E-state index in [1.54, 1.807) is 23.5 Å². The lowest BCUT2D eigenvalue weighted by Crippen LogP contribution is -2.43. The Morgan fingerprint density at radius 3 is 3.25 bits per heavy atom. The van der Waals surface area contributed by atoms with Crippen molar-refractivity contribution in [2.24, 2.45) is 11.8 Å². The summed E-state index contributed by atoms with van der Waals surface area (Å²) in [4.78, 5) is 18.8. The first kappa shape index (κ1) is 15.8. The molecule has 3 atom stereocenters. The van der Waals surface area contributed by atoms with Gasteiger partial charge in [-0.2, -0.15) is 0 Å². The number of carbonyl (C=O) groups excluding carboxylic acids is 1. The monoisotopic (exact) mass is 347 g/mol. The molecule has 2 saturated heterocycles. The largest absolute Gasteiger partial charge is 0.459 e. The average Bonchev–Trinajstić information content (AvgIpc) is 3.34. The Balaban J connectivity index is 1.28. The SMILES string of the molecule is O=C(NC[C@@H]1OC[C@H]2CN(Cc3nccs3)CC[C@H]21)c1ccco1. The van der Waals surface area contributed by atoms with Crippen LogP contribution in [0.4, 0.5) is 0 Å². The lowest BCUT2D eigenvalue weighted by Gasteiger charge is -2.35. The lowest BCUT2D eigenvalue weighted by molar-refractivity contribution is 0.0729. The van der Waals surface area contributed by atoms with Crippen LogP contribution in [-0.4, -0.2) is 48.1 Å². The number of fused-ring (bicyclic) bond motifs is 1. The first-order valence-corrected chi connectivity index (χ1v) is 9.21. The second kappa shape index (κ2) is 7.04. The maximum atomic E-state index is 12.0. The summed E-state index contributed by atoms with van der Waals surface area (Å²) in [5.74, 6) is 1.25. The van der Waals surface area contributed by atoms with E-state index in [1.807, 2.05) is 11.6 Å². The first-order chi connectivity index (χ1) is 11.8. The number of nitrogens with zero attached hydrogens (tertiary/aromatic N) is 2. The molecule has 128 valence electrons. The van der Waals surface area contributed by atoms with Crippen molar-refractivity contribution in [1.82, 2.24) is 15.2 Å². The molecule has 0 saturated carbocycles. The Bertz CT molecular complexity index is 659. The zero-order valence-corrected chi connectivity index (χ0v) is 14.2. The zero-order chi connectivity index (χ0) is 16.4. The van der Waals surface area contributed by atoms with Gasteiger partial charge in [-0.15, -0.1) is 11.3 Å². The molecule has 0 spiro atoms. The molecule has 24 heavy (non-hydrogen) atoms. The Kier molecular flexibility index (Phi) is 4.64. The minimum Gasteiger partial charge on any atom is -0.459 e. The molecule has 0 radical (unpaired) electrons. The van der Waals surface area contributed by atoms with Crippen LogP contribution in [0, 0.1) is 11.8 Å². The van der Waals surface area contributed by atoms with E-state index in [0.29, 0.717) is 24.1 Å². The van der Waals surface area contributed by atoms with Crippen molar-refractivity contribution in [3.63, 3.8) is 0 Å². The highest BCUT2D eigenvalue weighted by Gasteiger charge is 2.40. The van der Waals surface area contributed by atoms with Crippen molar-refractivity contribution >= 4 is 17.2 Å². The number of amides is 1. The van der Waals surface area contributed by atoms with Crippen LogP contribution in [-0.2, 0) is 11.3 Å². The average molecular weight is 347 g/mol. The quantitative estimate of drug-likeness (QED) is 0.896. The van der Waals surface area contributed by atoms with Gasteiger partial charge in [0, 0.05) is 30.6 Å². The molecule has 7 heteroatoms. The van der Waals surface area contributed by atoms with Crippen LogP contribution in [0.15, 0.2) is 34.4 Å². The fourth-order valence-electron chi connectivity index (χ4n) is 3.73. The molecule has 2 aliphatic heterocycles. The summed E-state index contributed by atoms with van der Waals surface area (Å²) in [5.41, 5.74) is 0. The van der Waals surface area contributed by atoms with Crippen molar-refractivity contribution in [1.29, 1.82) is 0 Å². The van der Waals surface area contributed by atoms with E-state index in [1.165, 1.54) is 11.3 Å². The van der Waals surface area contributed by atoms with Gasteiger partial charge in [-0.05, 0) is 31.0 Å². The van der Waals surface area contributed by atoms with Gasteiger partial charge >= 0.3 is 0 Å². The first-order valence-electron chi connectivity index (χ1n) is 8.33. The van der Waals surface area contributed by atoms with Gasteiger partial charge in [-0.1, -0.05) is 0 Å². The van der Waals surface area contributed by atoms with Gasteiger partial charge in [-0.3, -0.25) is 9.69 Å². The van der Waals surface area contributed by atoms with Gasteiger partial charge in [0.05, 0.1) is 25.5 Å². The molecule has 1 N–H and O–H groups in total. The molecular formula is C17H21N3O3S. The summed E-state index contributed by atoms with van der Waals surface area (Å²) in [5, 5.41) is 6.13. The van der Waals surface area contributed by atoms with E-state index >= 15 is 0 Å². The second-order valence-corrected chi connectivity index (χ2v) is 7.41. The van der Waals surface area contributed by atoms with Crippen LogP contribution in [0.25, 0.3) is 0 Å². The number of rotatable bonds is 5. The number of piperidine rings is 1. The summed E-state index contributed by atoms with van der Waals surface area (Å²) in [6.07, 6.45) is 4.59. The molecule has 6 nitrogen and oxygen atoms in total. The molecular weight excluding hydrogens is 326 g/mol. The number of aromatic nitrogens is 1. The van der Waals surface area contributed by atoms with Crippen LogP contribution in [0.1, 0.15) is 22.0 Å². The Labute approximate surface area is 144 Å². The minimum atomic E-state index is -0.173. The van der Waals surface area contributed by atoms with Gasteiger partial charge in [0.2, 0.25) is 0 Å². The molecule has 0 unspecified atom stereocenters. The van der Waals surface area contributed by atoms with Gasteiger partial charge < -0.3 is 14.5 Å². The number of thiazole rings is 1. The third-order valence-corrected chi connectivity index (χ3v) is 5.69. The zero-order valence-electron chi connectivity index (χ0n) is 13.4. The van der Waals surface area contributed by atoms with Crippen molar-refractivity contribution in [3.8, 4) is 0 Å². The fraction of sp³-hybridized carbons (Fsp3) is 0.529. The fourth-order valence-corrected chi connectivity index (χ4v) is 4.38. The van der Waals surface area contributed by atoms with Crippen LogP contribution in [0.3, 0.4) is 0 Å². The molecule has 2 aliphatic rings. The van der Waals surface area contributed by atoms with E-state index in [-0.39, 0.29) is 12.0 Å². The smallest absolute Gasteiger partial charge is 0.287 e. The maximum Gasteiger partial charge on any atom is 0.287 e. The van der Waals surface area contributed by atoms with Crippen molar-refractivity contribution in [2.75, 3.05) is 26.2 Å². The highest BCUT2D eigenvalue weighted by atomic mass is 32.1. The van der Waals surface area contributed by atoms with Crippen LogP contribution < -0.4 is 5.32 Å². The third-order valence-electron chi connectivity index (χ3n) is 4.93. The Hall–Kier alpha value is -1.70. The van der Waals surface area contributed by atoms with Crippen LogP contribution >= 0.6 is 11.3 Å². The topological polar surface area (TPSA) is 67.6 Å². The Morgan fingerprint density at radius 1 is 1.50 bits per heavy atom. The molecule has 4 rings (SSSR count). The predicted octanol–water partition coefficient (Wildman–Crippen LogP) is 2.00. The molecule has 2 aromatic rings. The third kappa shape index (κ3) is 3.38. The molecule has 0 aliphatic carbocycles. The number of carbonyl (C=O) groups is 1. The molecule has 1 amide bonds. The standard InChI is InChI=1S/C17H21N3O3S/c21-17(14-2-1-6-22-14)19-8-15-13-3-5-20(9-12(13)11-23-15)10-16-18-4-7-24-16/h1-2,4,6-7,12-13,15H,3,5,8-11H2,(H,19,21)/t12-,13-,15+/m1/s1. The van der Waals surface area contributed by atoms with E-state index in [0.717, 1.165) is 32.7 Å². The van der Waals surface area contributed by atoms with E-state index in [4.69, 9.17) is 9.15 Å². The van der Waals surface area contributed by atoms with Gasteiger partial charge in [-0.25, -0.2) is 4.98 Å². The number of ether oxygens (including phenoxy) is 1. The highest BCUT2D eigenvalue weighted by Crippen LogP contribution is 2.34. The minimum absolute atomic E-state index is 0.107. The maximum absolute atomic E-state index is 12.0. The molecule has 0 bridgehead atoms. The summed E-state index contributed by atoms with van der Waals surface area (Å²) >= 11 is 1.71. The highest BCUT2D eigenvalue weighted by molar-refractivity contribution is 7.09. The number of nitrogens with one attached hydrogen (secondary N) is 1. The van der Waals surface area contributed by atoms with E-state index in [9.17, 15) is 4.79 Å².